The van der Waals surface area contributed by atoms with E-state index in [1.54, 1.807) is 0 Å². The van der Waals surface area contributed by atoms with Gasteiger partial charge in [0.25, 0.3) is 0 Å². The molecule has 96 valence electrons. The Hall–Kier alpha value is -2.32. The maximum Gasteiger partial charge on any atom is 0.323 e. The number of nitrogens with zero attached hydrogens (tertiary/aromatic N) is 1. The summed E-state index contributed by atoms with van der Waals surface area (Å²) >= 11 is 0. The molecule has 9 heteroatoms. The van der Waals surface area contributed by atoms with Crippen LogP contribution in [0.1, 0.15) is 0 Å². The van der Waals surface area contributed by atoms with Crippen molar-refractivity contribution in [3.05, 3.63) is 0 Å². The number of carbonyl (C=O) groups is 4. The summed E-state index contributed by atoms with van der Waals surface area (Å²) in [4.78, 5) is 43.5. The van der Waals surface area contributed by atoms with E-state index < -0.39 is 37.0 Å². The SMILES string of the molecule is CNC(=O)CNC(=O)N(CC(=O)O)CC(=O)O. The van der Waals surface area contributed by atoms with Crippen molar-refractivity contribution in [3.8, 4) is 0 Å². The zero-order valence-corrected chi connectivity index (χ0v) is 9.10. The number of likely N-dealkylation sites (N-methyl/N-ethyl adjacent to an activating group) is 1. The molecule has 0 aliphatic heterocycles. The van der Waals surface area contributed by atoms with Crippen LogP contribution >= 0.6 is 0 Å². The lowest BCUT2D eigenvalue weighted by molar-refractivity contribution is -0.140. The largest absolute Gasteiger partial charge is 0.480 e. The fourth-order valence-corrected chi connectivity index (χ4v) is 0.882. The van der Waals surface area contributed by atoms with Crippen molar-refractivity contribution < 1.29 is 29.4 Å². The second-order valence-electron chi connectivity index (χ2n) is 2.98. The van der Waals surface area contributed by atoms with Gasteiger partial charge in [-0.05, 0) is 0 Å². The summed E-state index contributed by atoms with van der Waals surface area (Å²) in [5.41, 5.74) is 0. The number of hydrogen-bond acceptors (Lipinski definition) is 4. The third-order valence-corrected chi connectivity index (χ3v) is 1.62. The Balaban J connectivity index is 4.36. The van der Waals surface area contributed by atoms with Gasteiger partial charge in [0.2, 0.25) is 5.91 Å². The quantitative estimate of drug-likeness (QED) is 0.425. The van der Waals surface area contributed by atoms with Crippen molar-refractivity contribution in [1.29, 1.82) is 0 Å². The lowest BCUT2D eigenvalue weighted by Crippen LogP contribution is -2.47. The van der Waals surface area contributed by atoms with Crippen LogP contribution in [0.4, 0.5) is 4.79 Å². The van der Waals surface area contributed by atoms with E-state index in [-0.39, 0.29) is 6.54 Å². The fourth-order valence-electron chi connectivity index (χ4n) is 0.882. The van der Waals surface area contributed by atoms with E-state index in [9.17, 15) is 19.2 Å². The van der Waals surface area contributed by atoms with Gasteiger partial charge >= 0.3 is 18.0 Å². The summed E-state index contributed by atoms with van der Waals surface area (Å²) in [6, 6.07) is -0.932. The second kappa shape index (κ2) is 7.04. The smallest absolute Gasteiger partial charge is 0.323 e. The highest BCUT2D eigenvalue weighted by molar-refractivity contribution is 5.87. The molecule has 0 aromatic rings. The molecule has 0 aliphatic rings. The van der Waals surface area contributed by atoms with Crippen LogP contribution < -0.4 is 10.6 Å². The van der Waals surface area contributed by atoms with Crippen molar-refractivity contribution in [3.63, 3.8) is 0 Å². The molecular formula is C8H13N3O6. The van der Waals surface area contributed by atoms with Gasteiger partial charge in [0.15, 0.2) is 0 Å². The molecule has 3 amide bonds. The molecule has 0 fully saturated rings. The van der Waals surface area contributed by atoms with Gasteiger partial charge in [-0.1, -0.05) is 0 Å². The van der Waals surface area contributed by atoms with Crippen LogP contribution in [0, 0.1) is 0 Å². The van der Waals surface area contributed by atoms with Crippen LogP contribution in [0.5, 0.6) is 0 Å². The molecule has 0 spiro atoms. The Kier molecular flexibility index (Phi) is 6.08. The maximum absolute atomic E-state index is 11.3. The van der Waals surface area contributed by atoms with Gasteiger partial charge in [0.05, 0.1) is 6.54 Å². The van der Waals surface area contributed by atoms with Gasteiger partial charge in [0, 0.05) is 7.05 Å². The van der Waals surface area contributed by atoms with Crippen molar-refractivity contribution in [2.75, 3.05) is 26.7 Å². The van der Waals surface area contributed by atoms with Gasteiger partial charge < -0.3 is 25.7 Å². The van der Waals surface area contributed by atoms with E-state index in [2.05, 4.69) is 10.6 Å². The molecule has 0 saturated carbocycles. The first-order chi connectivity index (χ1) is 7.86. The average Bonchev–Trinajstić information content (AvgIpc) is 2.23. The molecule has 17 heavy (non-hydrogen) atoms. The van der Waals surface area contributed by atoms with Gasteiger partial charge in [-0.15, -0.1) is 0 Å². The van der Waals surface area contributed by atoms with Gasteiger partial charge in [0.1, 0.15) is 13.1 Å². The van der Waals surface area contributed by atoms with Crippen molar-refractivity contribution >= 4 is 23.9 Å². The summed E-state index contributed by atoms with van der Waals surface area (Å²) in [5, 5.41) is 21.3. The van der Waals surface area contributed by atoms with Crippen molar-refractivity contribution in [1.82, 2.24) is 15.5 Å². The molecule has 0 saturated heterocycles. The normalized spacial score (nSPS) is 9.24. The number of carboxylic acid groups (broad SMARTS) is 2. The maximum atomic E-state index is 11.3. The third kappa shape index (κ3) is 6.71. The molecule has 9 nitrogen and oxygen atoms in total. The number of rotatable bonds is 6. The molecule has 0 rings (SSSR count). The number of carboxylic acids is 2. The molecular weight excluding hydrogens is 234 g/mol. The third-order valence-electron chi connectivity index (χ3n) is 1.62. The topological polar surface area (TPSA) is 136 Å². The molecule has 0 heterocycles. The van der Waals surface area contributed by atoms with Crippen molar-refractivity contribution in [2.24, 2.45) is 0 Å². The molecule has 4 N–H and O–H groups in total. The molecule has 0 bridgehead atoms. The number of nitrogens with one attached hydrogen (secondary N) is 2. The Morgan fingerprint density at radius 3 is 1.88 bits per heavy atom. The monoisotopic (exact) mass is 247 g/mol. The number of aliphatic carboxylic acids is 2. The number of hydrogen-bond donors (Lipinski definition) is 4. The van der Waals surface area contributed by atoms with Crippen LogP contribution in [-0.4, -0.2) is 65.7 Å². The average molecular weight is 247 g/mol. The van der Waals surface area contributed by atoms with Gasteiger partial charge in [-0.25, -0.2) is 4.79 Å². The Labute approximate surface area is 96.4 Å². The number of urea groups is 1. The Morgan fingerprint density at radius 2 is 1.53 bits per heavy atom. The van der Waals surface area contributed by atoms with E-state index in [0.29, 0.717) is 4.90 Å². The standard InChI is InChI=1S/C8H13N3O6/c1-9-5(12)2-10-8(17)11(3-6(13)14)4-7(15)16/h2-4H2,1H3,(H,9,12)(H,10,17)(H,13,14)(H,15,16). The summed E-state index contributed by atoms with van der Waals surface area (Å²) in [5.74, 6) is -3.17. The highest BCUT2D eigenvalue weighted by atomic mass is 16.4. The fraction of sp³-hybridized carbons (Fsp3) is 0.500. The summed E-state index contributed by atoms with van der Waals surface area (Å²) < 4.78 is 0. The minimum absolute atomic E-state index is 0.356. The zero-order valence-electron chi connectivity index (χ0n) is 9.10. The van der Waals surface area contributed by atoms with Crippen molar-refractivity contribution in [2.45, 2.75) is 0 Å². The van der Waals surface area contributed by atoms with E-state index in [4.69, 9.17) is 10.2 Å². The minimum Gasteiger partial charge on any atom is -0.480 e. The molecule has 0 radical (unpaired) electrons. The number of amides is 3. The zero-order chi connectivity index (χ0) is 13.4. The lowest BCUT2D eigenvalue weighted by atomic mass is 10.5. The van der Waals surface area contributed by atoms with Crippen LogP contribution in [-0.2, 0) is 14.4 Å². The van der Waals surface area contributed by atoms with Crippen LogP contribution in [0.2, 0.25) is 0 Å². The Bertz CT molecular complexity index is 313. The van der Waals surface area contributed by atoms with Crippen LogP contribution in [0.15, 0.2) is 0 Å². The molecule has 0 unspecified atom stereocenters. The first kappa shape index (κ1) is 14.7. The summed E-state index contributed by atoms with van der Waals surface area (Å²) in [6.07, 6.45) is 0. The lowest BCUT2D eigenvalue weighted by Gasteiger charge is -2.18. The predicted octanol–water partition coefficient (Wildman–Crippen LogP) is -2.09. The molecule has 0 atom stereocenters. The van der Waals surface area contributed by atoms with E-state index >= 15 is 0 Å². The summed E-state index contributed by atoms with van der Waals surface area (Å²) in [7, 11) is 1.36. The van der Waals surface area contributed by atoms with E-state index in [1.165, 1.54) is 7.05 Å². The van der Waals surface area contributed by atoms with Crippen LogP contribution in [0.25, 0.3) is 0 Å². The first-order valence-corrected chi connectivity index (χ1v) is 4.53. The first-order valence-electron chi connectivity index (χ1n) is 4.53. The van der Waals surface area contributed by atoms with Gasteiger partial charge in [-0.3, -0.25) is 14.4 Å². The second-order valence-corrected chi connectivity index (χ2v) is 2.98. The molecule has 0 aromatic carbocycles. The Morgan fingerprint density at radius 1 is 1.06 bits per heavy atom. The highest BCUT2D eigenvalue weighted by Gasteiger charge is 2.19. The molecule has 0 aromatic heterocycles. The minimum atomic E-state index is -1.35. The predicted molar refractivity (Wildman–Crippen MR) is 54.3 cm³/mol. The molecule has 0 aliphatic carbocycles. The van der Waals surface area contributed by atoms with E-state index in [1.807, 2.05) is 0 Å². The number of carbonyl (C=O) groups excluding carboxylic acids is 2. The van der Waals surface area contributed by atoms with Crippen LogP contribution in [0.3, 0.4) is 0 Å². The van der Waals surface area contributed by atoms with Gasteiger partial charge in [-0.2, -0.15) is 0 Å². The van der Waals surface area contributed by atoms with E-state index in [0.717, 1.165) is 0 Å². The summed E-state index contributed by atoms with van der Waals surface area (Å²) in [6.45, 7) is -1.87. The highest BCUT2D eigenvalue weighted by Crippen LogP contribution is 1.90.